The fourth-order valence-corrected chi connectivity index (χ4v) is 3.79. The molecule has 1 aliphatic carbocycles. The Hall–Kier alpha value is -0.900. The van der Waals surface area contributed by atoms with Gasteiger partial charge in [0.15, 0.2) is 5.96 Å². The van der Waals surface area contributed by atoms with E-state index in [-0.39, 0.29) is 36.4 Å². The SMILES string of the molecule is Cc1nc(CNC(=NCC(=O)N(C)C)NC2CCCCC2C)sc1C.I. The number of nitrogens with zero attached hydrogens (tertiary/aromatic N) is 3. The lowest BCUT2D eigenvalue weighted by Crippen LogP contribution is -2.47. The van der Waals surface area contributed by atoms with Crippen LogP contribution in [0.3, 0.4) is 0 Å². The van der Waals surface area contributed by atoms with E-state index in [2.05, 4.69) is 34.5 Å². The van der Waals surface area contributed by atoms with Crippen LogP contribution in [0.25, 0.3) is 0 Å². The zero-order valence-corrected chi connectivity index (χ0v) is 19.6. The Morgan fingerprint density at radius 2 is 2.00 bits per heavy atom. The van der Waals surface area contributed by atoms with Crippen LogP contribution in [0.2, 0.25) is 0 Å². The number of aryl methyl sites for hydroxylation is 2. The predicted molar refractivity (Wildman–Crippen MR) is 119 cm³/mol. The maximum absolute atomic E-state index is 11.9. The number of hydrogen-bond acceptors (Lipinski definition) is 4. The summed E-state index contributed by atoms with van der Waals surface area (Å²) in [5.41, 5.74) is 1.08. The molecule has 2 N–H and O–H groups in total. The average Bonchev–Trinajstić information content (AvgIpc) is 2.89. The molecule has 0 spiro atoms. The van der Waals surface area contributed by atoms with Gasteiger partial charge < -0.3 is 15.5 Å². The summed E-state index contributed by atoms with van der Waals surface area (Å²) in [6.45, 7) is 7.18. The van der Waals surface area contributed by atoms with Crippen molar-refractivity contribution in [3.8, 4) is 0 Å². The standard InChI is InChI=1S/C18H31N5OS.HI/c1-12-8-6-7-9-15(12)22-18(20-11-17(24)23(4)5)19-10-16-21-13(2)14(3)25-16;/h12,15H,6-11H2,1-5H3,(H2,19,20,22);1H. The molecule has 1 aromatic rings. The van der Waals surface area contributed by atoms with Crippen molar-refractivity contribution in [1.29, 1.82) is 0 Å². The summed E-state index contributed by atoms with van der Waals surface area (Å²) in [5.74, 6) is 1.33. The van der Waals surface area contributed by atoms with E-state index in [9.17, 15) is 4.79 Å². The minimum Gasteiger partial charge on any atom is -0.353 e. The number of guanidine groups is 1. The molecule has 148 valence electrons. The number of amides is 1. The lowest BCUT2D eigenvalue weighted by Gasteiger charge is -2.30. The molecule has 1 aromatic heterocycles. The van der Waals surface area contributed by atoms with E-state index in [1.807, 2.05) is 6.92 Å². The highest BCUT2D eigenvalue weighted by Gasteiger charge is 2.22. The quantitative estimate of drug-likeness (QED) is 0.376. The van der Waals surface area contributed by atoms with Crippen molar-refractivity contribution >= 4 is 47.2 Å². The number of halogens is 1. The van der Waals surface area contributed by atoms with Gasteiger partial charge in [-0.1, -0.05) is 19.8 Å². The van der Waals surface area contributed by atoms with Crippen LogP contribution in [-0.2, 0) is 11.3 Å². The van der Waals surface area contributed by atoms with Crippen molar-refractivity contribution < 1.29 is 4.79 Å². The smallest absolute Gasteiger partial charge is 0.243 e. The Kier molecular flexibility index (Phi) is 9.84. The van der Waals surface area contributed by atoms with Crippen molar-refractivity contribution in [3.63, 3.8) is 0 Å². The second kappa shape index (κ2) is 11.1. The molecule has 0 aromatic carbocycles. The second-order valence-corrected chi connectivity index (χ2v) is 8.36. The number of hydrogen-bond donors (Lipinski definition) is 2. The highest BCUT2D eigenvalue weighted by atomic mass is 127. The number of likely N-dealkylation sites (N-methyl/N-ethyl adjacent to an activating group) is 1. The molecular formula is C18H32IN5OS. The first-order valence-corrected chi connectivity index (χ1v) is 9.86. The van der Waals surface area contributed by atoms with Crippen LogP contribution in [-0.4, -0.2) is 48.4 Å². The average molecular weight is 493 g/mol. The molecule has 0 bridgehead atoms. The summed E-state index contributed by atoms with van der Waals surface area (Å²) in [6, 6.07) is 0.411. The lowest BCUT2D eigenvalue weighted by atomic mass is 9.86. The molecule has 1 saturated carbocycles. The number of rotatable bonds is 5. The largest absolute Gasteiger partial charge is 0.353 e. The first-order chi connectivity index (χ1) is 11.9. The molecule has 2 rings (SSSR count). The molecule has 2 atom stereocenters. The monoisotopic (exact) mass is 493 g/mol. The predicted octanol–water partition coefficient (Wildman–Crippen LogP) is 3.08. The molecule has 0 radical (unpaired) electrons. The summed E-state index contributed by atoms with van der Waals surface area (Å²) in [7, 11) is 3.51. The van der Waals surface area contributed by atoms with E-state index >= 15 is 0 Å². The number of carbonyl (C=O) groups is 1. The minimum absolute atomic E-state index is 0. The molecule has 1 aliphatic rings. The van der Waals surface area contributed by atoms with Crippen LogP contribution in [0.1, 0.15) is 48.2 Å². The number of aliphatic imine (C=N–C) groups is 1. The van der Waals surface area contributed by atoms with Gasteiger partial charge >= 0.3 is 0 Å². The van der Waals surface area contributed by atoms with Crippen LogP contribution in [0.5, 0.6) is 0 Å². The Labute approximate surface area is 178 Å². The van der Waals surface area contributed by atoms with Crippen LogP contribution < -0.4 is 10.6 Å². The van der Waals surface area contributed by atoms with Crippen molar-refractivity contribution in [2.24, 2.45) is 10.9 Å². The second-order valence-electron chi connectivity index (χ2n) is 7.07. The lowest BCUT2D eigenvalue weighted by molar-refractivity contribution is -0.127. The highest BCUT2D eigenvalue weighted by molar-refractivity contribution is 14.0. The molecular weight excluding hydrogens is 461 g/mol. The van der Waals surface area contributed by atoms with Crippen LogP contribution in [0.15, 0.2) is 4.99 Å². The van der Waals surface area contributed by atoms with Gasteiger partial charge in [0.2, 0.25) is 5.91 Å². The van der Waals surface area contributed by atoms with Gasteiger partial charge in [-0.15, -0.1) is 35.3 Å². The molecule has 6 nitrogen and oxygen atoms in total. The first kappa shape index (κ1) is 23.1. The summed E-state index contributed by atoms with van der Waals surface area (Å²) in [5, 5.41) is 7.93. The van der Waals surface area contributed by atoms with Gasteiger partial charge in [0.1, 0.15) is 11.6 Å². The Balaban J connectivity index is 0.00000338. The van der Waals surface area contributed by atoms with E-state index in [0.717, 1.165) is 17.1 Å². The number of nitrogens with one attached hydrogen (secondary N) is 2. The normalized spacial score (nSPS) is 20.3. The van der Waals surface area contributed by atoms with Crippen molar-refractivity contribution in [2.45, 2.75) is 59.0 Å². The Morgan fingerprint density at radius 3 is 2.58 bits per heavy atom. The minimum atomic E-state index is -0.00118. The molecule has 1 amide bonds. The molecule has 0 saturated heterocycles. The van der Waals surface area contributed by atoms with Crippen molar-refractivity contribution in [1.82, 2.24) is 20.5 Å². The van der Waals surface area contributed by atoms with Crippen LogP contribution >= 0.6 is 35.3 Å². The molecule has 1 fully saturated rings. The van der Waals surface area contributed by atoms with E-state index < -0.39 is 0 Å². The molecule has 8 heteroatoms. The van der Waals surface area contributed by atoms with Gasteiger partial charge in [0.25, 0.3) is 0 Å². The third kappa shape index (κ3) is 7.02. The van der Waals surface area contributed by atoms with Crippen molar-refractivity contribution in [2.75, 3.05) is 20.6 Å². The van der Waals surface area contributed by atoms with Gasteiger partial charge in [-0.2, -0.15) is 0 Å². The zero-order chi connectivity index (χ0) is 18.4. The topological polar surface area (TPSA) is 69.6 Å². The summed E-state index contributed by atoms with van der Waals surface area (Å²) < 4.78 is 0. The number of aromatic nitrogens is 1. The number of thiazole rings is 1. The first-order valence-electron chi connectivity index (χ1n) is 9.04. The van der Waals surface area contributed by atoms with Gasteiger partial charge in [-0.05, 0) is 32.6 Å². The van der Waals surface area contributed by atoms with Gasteiger partial charge in [-0.25, -0.2) is 9.98 Å². The third-order valence-electron chi connectivity index (χ3n) is 4.78. The Bertz CT molecular complexity index is 597. The van der Waals surface area contributed by atoms with Gasteiger partial charge in [0.05, 0.1) is 12.2 Å². The maximum Gasteiger partial charge on any atom is 0.243 e. The summed E-state index contributed by atoms with van der Waals surface area (Å²) in [6.07, 6.45) is 4.94. The van der Waals surface area contributed by atoms with E-state index in [1.165, 1.54) is 24.1 Å². The molecule has 26 heavy (non-hydrogen) atoms. The summed E-state index contributed by atoms with van der Waals surface area (Å²) in [4.78, 5) is 23.8. The van der Waals surface area contributed by atoms with Crippen LogP contribution in [0, 0.1) is 19.8 Å². The fraction of sp³-hybridized carbons (Fsp3) is 0.722. The maximum atomic E-state index is 11.9. The highest BCUT2D eigenvalue weighted by Crippen LogP contribution is 2.23. The van der Waals surface area contributed by atoms with Gasteiger partial charge in [-0.3, -0.25) is 4.79 Å². The number of carbonyl (C=O) groups excluding carboxylic acids is 1. The van der Waals surface area contributed by atoms with Gasteiger partial charge in [0, 0.05) is 25.0 Å². The van der Waals surface area contributed by atoms with E-state index in [0.29, 0.717) is 24.5 Å². The zero-order valence-electron chi connectivity index (χ0n) is 16.5. The fourth-order valence-electron chi connectivity index (χ4n) is 2.92. The molecule has 0 aliphatic heterocycles. The Morgan fingerprint density at radius 1 is 1.31 bits per heavy atom. The van der Waals surface area contributed by atoms with E-state index in [4.69, 9.17) is 0 Å². The van der Waals surface area contributed by atoms with E-state index in [1.54, 1.807) is 30.3 Å². The molecule has 2 unspecified atom stereocenters. The third-order valence-corrected chi connectivity index (χ3v) is 5.86. The van der Waals surface area contributed by atoms with Crippen LogP contribution in [0.4, 0.5) is 0 Å². The van der Waals surface area contributed by atoms with Crippen molar-refractivity contribution in [3.05, 3.63) is 15.6 Å². The summed E-state index contributed by atoms with van der Waals surface area (Å²) >= 11 is 1.70. The molecule has 1 heterocycles.